The fraction of sp³-hybridized carbons (Fsp3) is 0.600. The van der Waals surface area contributed by atoms with Gasteiger partial charge in [-0.1, -0.05) is 20.8 Å². The molecule has 0 saturated heterocycles. The second kappa shape index (κ2) is 7.24. The average Bonchev–Trinajstić information content (AvgIpc) is 2.36. The third-order valence-corrected chi connectivity index (χ3v) is 3.09. The molecule has 1 N–H and O–H groups in total. The Morgan fingerprint density at radius 3 is 2.45 bits per heavy atom. The van der Waals surface area contributed by atoms with Crippen molar-refractivity contribution in [3.05, 3.63) is 33.4 Å². The smallest absolute Gasteiger partial charge is 0.272 e. The first-order valence-corrected chi connectivity index (χ1v) is 6.93. The molecule has 1 rings (SSSR count). The lowest BCUT2D eigenvalue weighted by Crippen LogP contribution is -2.30. The summed E-state index contributed by atoms with van der Waals surface area (Å²) in [4.78, 5) is 10.5. The van der Waals surface area contributed by atoms with Gasteiger partial charge < -0.3 is 10.1 Å². The maximum absolute atomic E-state index is 10.9. The van der Waals surface area contributed by atoms with Crippen molar-refractivity contribution in [1.82, 2.24) is 5.32 Å². The maximum atomic E-state index is 10.9. The molecule has 1 unspecified atom stereocenters. The van der Waals surface area contributed by atoms with Crippen LogP contribution in [-0.4, -0.2) is 24.1 Å². The average molecular weight is 280 g/mol. The van der Waals surface area contributed by atoms with Crippen LogP contribution in [0.2, 0.25) is 0 Å². The topological polar surface area (TPSA) is 64.4 Å². The molecular weight excluding hydrogens is 256 g/mol. The molecule has 0 amide bonds. The number of ether oxygens (including phenoxy) is 1. The standard InChI is InChI=1S/C15H24N2O3/c1-10(2)16-8-11(3)9-20-15-7-12(4)14(17(18)19)6-13(15)5/h6-7,10-11,16H,8-9H2,1-5H3. The van der Waals surface area contributed by atoms with Gasteiger partial charge in [0.15, 0.2) is 0 Å². The summed E-state index contributed by atoms with van der Waals surface area (Å²) >= 11 is 0. The number of nitrogens with one attached hydrogen (secondary N) is 1. The molecule has 0 aliphatic heterocycles. The highest BCUT2D eigenvalue weighted by Gasteiger charge is 2.14. The van der Waals surface area contributed by atoms with Gasteiger partial charge in [-0.25, -0.2) is 0 Å². The van der Waals surface area contributed by atoms with Crippen molar-refractivity contribution < 1.29 is 9.66 Å². The van der Waals surface area contributed by atoms with E-state index in [1.165, 1.54) is 0 Å². The molecule has 0 bridgehead atoms. The Bertz CT molecular complexity index is 472. The van der Waals surface area contributed by atoms with Crippen molar-refractivity contribution in [2.45, 2.75) is 40.7 Å². The number of aryl methyl sites for hydroxylation is 2. The van der Waals surface area contributed by atoms with Crippen LogP contribution in [0.3, 0.4) is 0 Å². The minimum atomic E-state index is -0.360. The van der Waals surface area contributed by atoms with E-state index >= 15 is 0 Å². The summed E-state index contributed by atoms with van der Waals surface area (Å²) in [5.41, 5.74) is 1.57. The summed E-state index contributed by atoms with van der Waals surface area (Å²) in [6.45, 7) is 11.4. The van der Waals surface area contributed by atoms with Crippen LogP contribution < -0.4 is 10.1 Å². The van der Waals surface area contributed by atoms with Crippen LogP contribution in [0.15, 0.2) is 12.1 Å². The van der Waals surface area contributed by atoms with Crippen molar-refractivity contribution in [3.8, 4) is 5.75 Å². The molecule has 0 aliphatic carbocycles. The van der Waals surface area contributed by atoms with Gasteiger partial charge in [0.2, 0.25) is 0 Å². The molecule has 1 aromatic carbocycles. The van der Waals surface area contributed by atoms with Crippen molar-refractivity contribution in [1.29, 1.82) is 0 Å². The van der Waals surface area contributed by atoms with E-state index in [4.69, 9.17) is 4.74 Å². The third-order valence-electron chi connectivity index (χ3n) is 3.09. The first-order chi connectivity index (χ1) is 9.31. The van der Waals surface area contributed by atoms with E-state index < -0.39 is 0 Å². The molecule has 0 aromatic heterocycles. The summed E-state index contributed by atoms with van der Waals surface area (Å²) in [6, 6.07) is 3.78. The zero-order chi connectivity index (χ0) is 15.3. The predicted molar refractivity (Wildman–Crippen MR) is 80.4 cm³/mol. The Labute approximate surface area is 120 Å². The maximum Gasteiger partial charge on any atom is 0.272 e. The number of nitrogens with zero attached hydrogens (tertiary/aromatic N) is 1. The number of rotatable bonds is 7. The van der Waals surface area contributed by atoms with Crippen LogP contribution in [0.25, 0.3) is 0 Å². The first-order valence-electron chi connectivity index (χ1n) is 6.93. The van der Waals surface area contributed by atoms with Gasteiger partial charge in [-0.05, 0) is 25.5 Å². The lowest BCUT2D eigenvalue weighted by Gasteiger charge is -2.17. The molecule has 0 fully saturated rings. The number of nitro benzene ring substituents is 1. The quantitative estimate of drug-likeness (QED) is 0.615. The number of hydrogen-bond acceptors (Lipinski definition) is 4. The number of benzene rings is 1. The highest BCUT2D eigenvalue weighted by molar-refractivity contribution is 5.49. The summed E-state index contributed by atoms with van der Waals surface area (Å²) < 4.78 is 5.78. The fourth-order valence-electron chi connectivity index (χ4n) is 1.85. The summed E-state index contributed by atoms with van der Waals surface area (Å²) in [5.74, 6) is 1.11. The molecule has 0 aliphatic rings. The van der Waals surface area contributed by atoms with E-state index in [1.54, 1.807) is 19.1 Å². The summed E-state index contributed by atoms with van der Waals surface area (Å²) in [6.07, 6.45) is 0. The zero-order valence-electron chi connectivity index (χ0n) is 12.9. The second-order valence-corrected chi connectivity index (χ2v) is 5.64. The molecule has 0 saturated carbocycles. The van der Waals surface area contributed by atoms with E-state index in [-0.39, 0.29) is 10.6 Å². The largest absolute Gasteiger partial charge is 0.493 e. The van der Waals surface area contributed by atoms with Gasteiger partial charge in [0.1, 0.15) is 5.75 Å². The van der Waals surface area contributed by atoms with E-state index in [0.717, 1.165) is 17.9 Å². The Hall–Kier alpha value is -1.62. The molecule has 112 valence electrons. The second-order valence-electron chi connectivity index (χ2n) is 5.64. The minimum Gasteiger partial charge on any atom is -0.493 e. The lowest BCUT2D eigenvalue weighted by molar-refractivity contribution is -0.385. The molecule has 5 nitrogen and oxygen atoms in total. The molecule has 0 spiro atoms. The molecule has 0 heterocycles. The monoisotopic (exact) mass is 280 g/mol. The normalized spacial score (nSPS) is 12.5. The van der Waals surface area contributed by atoms with Crippen molar-refractivity contribution in [2.24, 2.45) is 5.92 Å². The summed E-state index contributed by atoms with van der Waals surface area (Å²) in [5, 5.41) is 14.2. The number of nitro groups is 1. The SMILES string of the molecule is Cc1cc([N+](=O)[O-])c(C)cc1OCC(C)CNC(C)C. The van der Waals surface area contributed by atoms with E-state index in [1.807, 2.05) is 6.92 Å². The predicted octanol–water partition coefficient (Wildman–Crippen LogP) is 3.22. The van der Waals surface area contributed by atoms with Crippen LogP contribution in [-0.2, 0) is 0 Å². The van der Waals surface area contributed by atoms with Crippen LogP contribution in [0.4, 0.5) is 5.69 Å². The third kappa shape index (κ3) is 4.81. The van der Waals surface area contributed by atoms with Crippen molar-refractivity contribution in [3.63, 3.8) is 0 Å². The van der Waals surface area contributed by atoms with E-state index in [0.29, 0.717) is 24.1 Å². The van der Waals surface area contributed by atoms with Gasteiger partial charge >= 0.3 is 0 Å². The lowest BCUT2D eigenvalue weighted by atomic mass is 10.1. The van der Waals surface area contributed by atoms with Gasteiger partial charge in [0.25, 0.3) is 5.69 Å². The van der Waals surface area contributed by atoms with Gasteiger partial charge in [-0.15, -0.1) is 0 Å². The highest BCUT2D eigenvalue weighted by Crippen LogP contribution is 2.27. The van der Waals surface area contributed by atoms with Gasteiger partial charge in [-0.3, -0.25) is 10.1 Å². The summed E-state index contributed by atoms with van der Waals surface area (Å²) in [7, 11) is 0. The first kappa shape index (κ1) is 16.4. The van der Waals surface area contributed by atoms with Crippen LogP contribution in [0.1, 0.15) is 31.9 Å². The molecule has 0 radical (unpaired) electrons. The van der Waals surface area contributed by atoms with Gasteiger partial charge in [-0.2, -0.15) is 0 Å². The Balaban J connectivity index is 2.65. The highest BCUT2D eigenvalue weighted by atomic mass is 16.6. The van der Waals surface area contributed by atoms with E-state index in [2.05, 4.69) is 26.1 Å². The van der Waals surface area contributed by atoms with Crippen LogP contribution in [0, 0.1) is 29.9 Å². The van der Waals surface area contributed by atoms with Gasteiger partial charge in [0, 0.05) is 30.1 Å². The molecular formula is C15H24N2O3. The fourth-order valence-corrected chi connectivity index (χ4v) is 1.85. The molecule has 1 aromatic rings. The van der Waals surface area contributed by atoms with Gasteiger partial charge in [0.05, 0.1) is 11.5 Å². The molecule has 20 heavy (non-hydrogen) atoms. The van der Waals surface area contributed by atoms with Crippen LogP contribution >= 0.6 is 0 Å². The van der Waals surface area contributed by atoms with Crippen molar-refractivity contribution >= 4 is 5.69 Å². The van der Waals surface area contributed by atoms with Crippen LogP contribution in [0.5, 0.6) is 5.75 Å². The molecule has 5 heteroatoms. The molecule has 1 atom stereocenters. The van der Waals surface area contributed by atoms with Crippen molar-refractivity contribution in [2.75, 3.05) is 13.2 Å². The van der Waals surface area contributed by atoms with E-state index in [9.17, 15) is 10.1 Å². The number of hydrogen-bond donors (Lipinski definition) is 1. The Morgan fingerprint density at radius 1 is 1.25 bits per heavy atom. The zero-order valence-corrected chi connectivity index (χ0v) is 12.9. The Kier molecular flexibility index (Phi) is 5.95. The minimum absolute atomic E-state index is 0.143. The Morgan fingerprint density at radius 2 is 1.90 bits per heavy atom.